The fraction of sp³-hybridized carbons (Fsp3) is 0.611. The number of unbranched alkanes of at least 4 members (excludes halogenated alkanes) is 3. The van der Waals surface area contributed by atoms with E-state index in [4.69, 9.17) is 31.6 Å². The predicted molar refractivity (Wildman–Crippen MR) is 289 cm³/mol. The Morgan fingerprint density at radius 2 is 1.66 bits per heavy atom. The number of rotatable bonds is 26. The van der Waals surface area contributed by atoms with Gasteiger partial charge >= 0.3 is 0 Å². The van der Waals surface area contributed by atoms with E-state index in [1.165, 1.54) is 41.8 Å². The highest BCUT2D eigenvalue weighted by atomic mass is 16.3. The van der Waals surface area contributed by atoms with Crippen LogP contribution >= 0.6 is 0 Å². The smallest absolute Gasteiger partial charge is 0.290 e. The van der Waals surface area contributed by atoms with Crippen LogP contribution in [-0.2, 0) is 36.8 Å². The van der Waals surface area contributed by atoms with E-state index in [0.29, 0.717) is 63.7 Å². The Labute approximate surface area is 434 Å². The molecule has 6 rings (SSSR count). The summed E-state index contributed by atoms with van der Waals surface area (Å²) in [7, 11) is 0. The number of carbonyl (C=O) groups is 5. The van der Waals surface area contributed by atoms with Crippen LogP contribution in [-0.4, -0.2) is 144 Å². The third-order valence-electron chi connectivity index (χ3n) is 13.5. The number of nitrogens with one attached hydrogen (secondary N) is 4. The number of anilines is 2. The van der Waals surface area contributed by atoms with E-state index in [1.807, 2.05) is 18.7 Å². The number of amides is 4. The molecule has 19 nitrogen and oxygen atoms in total. The Balaban J connectivity index is 0.000000786. The molecule has 0 saturated carbocycles. The molecular formula is C54H87N13O6. The summed E-state index contributed by atoms with van der Waals surface area (Å²) >= 11 is 0. The molecule has 4 amide bonds. The molecule has 2 aromatic heterocycles. The zero-order chi connectivity index (χ0) is 53.0. The minimum atomic E-state index is -0.250. The number of likely N-dealkylation sites (tertiary alicyclic amines) is 1. The molecule has 0 spiro atoms. The van der Waals surface area contributed by atoms with Gasteiger partial charge in [-0.1, -0.05) is 26.3 Å². The summed E-state index contributed by atoms with van der Waals surface area (Å²) < 4.78 is 2.07. The van der Waals surface area contributed by atoms with Gasteiger partial charge in [0.25, 0.3) is 6.47 Å². The minimum absolute atomic E-state index is 0.0189. The van der Waals surface area contributed by atoms with Gasteiger partial charge in [-0.2, -0.15) is 5.10 Å². The highest BCUT2D eigenvalue weighted by Crippen LogP contribution is 2.32. The Morgan fingerprint density at radius 1 is 0.932 bits per heavy atom. The van der Waals surface area contributed by atoms with Crippen molar-refractivity contribution >= 4 is 42.1 Å². The highest BCUT2D eigenvalue weighted by molar-refractivity contribution is 5.80. The maximum Gasteiger partial charge on any atom is 0.290 e. The first-order valence-electron chi connectivity index (χ1n) is 26.7. The van der Waals surface area contributed by atoms with Crippen molar-refractivity contribution in [3.63, 3.8) is 0 Å². The van der Waals surface area contributed by atoms with Gasteiger partial charge < -0.3 is 51.8 Å². The van der Waals surface area contributed by atoms with Crippen LogP contribution in [0.1, 0.15) is 132 Å². The number of benzene rings is 1. The highest BCUT2D eigenvalue weighted by Gasteiger charge is 2.27. The molecule has 9 N–H and O–H groups in total. The molecule has 2 fully saturated rings. The lowest BCUT2D eigenvalue weighted by atomic mass is 9.94. The average molecular weight is 1010 g/mol. The Morgan fingerprint density at radius 3 is 2.33 bits per heavy atom. The molecule has 19 heteroatoms. The summed E-state index contributed by atoms with van der Waals surface area (Å²) in [4.78, 5) is 67.7. The lowest BCUT2D eigenvalue weighted by Gasteiger charge is -2.37. The Hall–Kier alpha value is -6.21. The van der Waals surface area contributed by atoms with Crippen molar-refractivity contribution in [2.75, 3.05) is 88.8 Å². The van der Waals surface area contributed by atoms with Crippen LogP contribution in [0, 0.1) is 19.8 Å². The van der Waals surface area contributed by atoms with E-state index in [0.717, 1.165) is 126 Å². The van der Waals surface area contributed by atoms with Gasteiger partial charge in [0.2, 0.25) is 24.1 Å². The second-order valence-electron chi connectivity index (χ2n) is 19.6. The largest absolute Gasteiger partial charge is 0.483 e. The van der Waals surface area contributed by atoms with E-state index in [-0.39, 0.29) is 30.7 Å². The van der Waals surface area contributed by atoms with E-state index in [1.54, 1.807) is 11.2 Å². The molecule has 3 aliphatic heterocycles. The molecule has 73 heavy (non-hydrogen) atoms. The van der Waals surface area contributed by atoms with E-state index < -0.39 is 0 Å². The fourth-order valence-corrected chi connectivity index (χ4v) is 9.61. The normalized spacial score (nSPS) is 15.9. The van der Waals surface area contributed by atoms with E-state index in [9.17, 15) is 19.2 Å². The van der Waals surface area contributed by atoms with Crippen LogP contribution in [0.3, 0.4) is 0 Å². The molecular weight excluding hydrogens is 927 g/mol. The van der Waals surface area contributed by atoms with Crippen LogP contribution in [0.4, 0.5) is 11.5 Å². The van der Waals surface area contributed by atoms with Crippen LogP contribution < -0.4 is 37.7 Å². The second kappa shape index (κ2) is 32.8. The van der Waals surface area contributed by atoms with Crippen LogP contribution in [0.15, 0.2) is 48.3 Å². The number of aryl methyl sites for hydroxylation is 4. The Bertz CT molecular complexity index is 2190. The number of carboxylic acid groups (broad SMARTS) is 1. The number of piperazine rings is 1. The van der Waals surface area contributed by atoms with Gasteiger partial charge in [0.15, 0.2) is 0 Å². The summed E-state index contributed by atoms with van der Waals surface area (Å²) in [5.41, 5.74) is 14.4. The van der Waals surface area contributed by atoms with Crippen molar-refractivity contribution in [3.8, 4) is 5.69 Å². The molecule has 2 atom stereocenters. The number of hydrogen-bond donors (Lipinski definition) is 7. The second-order valence-corrected chi connectivity index (χ2v) is 19.6. The number of nitrogens with zero attached hydrogens (tertiary/aromatic N) is 7. The van der Waals surface area contributed by atoms with Gasteiger partial charge in [-0.15, -0.1) is 0 Å². The summed E-state index contributed by atoms with van der Waals surface area (Å²) in [5.74, 6) is 7.57. The maximum atomic E-state index is 13.2. The van der Waals surface area contributed by atoms with Crippen molar-refractivity contribution < 1.29 is 29.1 Å². The van der Waals surface area contributed by atoms with Gasteiger partial charge in [-0.3, -0.25) is 24.0 Å². The number of hydrazine groups is 1. The fourth-order valence-electron chi connectivity index (χ4n) is 9.61. The van der Waals surface area contributed by atoms with E-state index >= 15 is 0 Å². The molecule has 5 heterocycles. The molecule has 0 aliphatic carbocycles. The van der Waals surface area contributed by atoms with Crippen molar-refractivity contribution in [2.24, 2.45) is 17.5 Å². The first-order valence-corrected chi connectivity index (χ1v) is 26.7. The molecule has 0 bridgehead atoms. The molecule has 0 radical (unpaired) electrons. The summed E-state index contributed by atoms with van der Waals surface area (Å²) in [6.45, 7) is 19.3. The first-order chi connectivity index (χ1) is 35.3. The van der Waals surface area contributed by atoms with E-state index in [2.05, 4.69) is 92.9 Å². The number of nitrogens with two attached hydrogens (primary N) is 2. The third-order valence-corrected chi connectivity index (χ3v) is 13.5. The topological polar surface area (TPSA) is 249 Å². The van der Waals surface area contributed by atoms with Crippen LogP contribution in [0.5, 0.6) is 0 Å². The summed E-state index contributed by atoms with van der Waals surface area (Å²) in [6.07, 6.45) is 15.0. The number of carbonyl (C=O) groups excluding carboxylic acids is 4. The number of fused-ring (bicyclic) bond motifs is 1. The van der Waals surface area contributed by atoms with Crippen molar-refractivity contribution in [1.82, 2.24) is 45.5 Å². The lowest BCUT2D eigenvalue weighted by molar-refractivity contribution is -0.131. The van der Waals surface area contributed by atoms with Gasteiger partial charge in [0.1, 0.15) is 5.82 Å². The average Bonchev–Trinajstić information content (AvgIpc) is 3.99. The molecule has 3 aliphatic rings. The molecule has 1 aromatic carbocycles. The monoisotopic (exact) mass is 1010 g/mol. The molecule has 3 aromatic rings. The zero-order valence-electron chi connectivity index (χ0n) is 44.5. The van der Waals surface area contributed by atoms with Gasteiger partial charge in [0.05, 0.1) is 17.9 Å². The van der Waals surface area contributed by atoms with Gasteiger partial charge in [-0.05, 0) is 151 Å². The third kappa shape index (κ3) is 21.4. The number of aromatic nitrogens is 3. The minimum Gasteiger partial charge on any atom is -0.483 e. The SMILES string of the molecule is CCC(CN1CCC(CCc2ccc3c(n2)NCCC3)C1)c1cc(N2CCN(C(=O)CCCC(=O)NCCCCCNC(=O)CNC=O)CC2)cc(-n2nc(C)cc2C)c1.CCCCN(N)/C=C(/C)N.O=CO. The lowest BCUT2D eigenvalue weighted by Crippen LogP contribution is -2.48. The number of pyridine rings is 1. The first kappa shape index (κ1) is 59.4. The van der Waals surface area contributed by atoms with Crippen molar-refractivity contribution in [1.29, 1.82) is 0 Å². The number of allylic oxidation sites excluding steroid dienone is 1. The molecule has 2 unspecified atom stereocenters. The van der Waals surface area contributed by atoms with Crippen LogP contribution in [0.2, 0.25) is 0 Å². The molecule has 404 valence electrons. The zero-order valence-corrected chi connectivity index (χ0v) is 44.5. The van der Waals surface area contributed by atoms with Crippen molar-refractivity contribution in [3.05, 3.63) is 76.5 Å². The number of hydrogen-bond acceptors (Lipinski definition) is 13. The summed E-state index contributed by atoms with van der Waals surface area (Å²) in [6, 6.07) is 13.6. The Kier molecular flexibility index (Phi) is 26.7. The summed E-state index contributed by atoms with van der Waals surface area (Å²) in [5, 5.41) is 24.9. The maximum absolute atomic E-state index is 13.2. The van der Waals surface area contributed by atoms with Gasteiger partial charge in [0, 0.05) is 107 Å². The predicted octanol–water partition coefficient (Wildman–Crippen LogP) is 5.14. The molecule has 2 saturated heterocycles. The van der Waals surface area contributed by atoms with Gasteiger partial charge in [-0.25, -0.2) is 15.5 Å². The van der Waals surface area contributed by atoms with Crippen LogP contribution in [0.25, 0.3) is 5.69 Å². The standard InChI is InChI=1S/C46H68N10O4.C7H17N3.CH2O2/c1-4-37(32-53-21-17-36(31-53)13-15-40-16-14-38-10-9-20-50-46(38)51-40)39-27-41(29-42(28-39)56-35(3)26-34(2)52-56)54-22-24-55(25-23-54)45(60)12-8-11-43(58)48-18-6-5-7-19-49-44(59)30-47-33-57;1-3-4-5-10(9)6-7(2)8;2-1-3/h14,16,26-29,33,36-37H,4-13,15,17-25,30-32H2,1-3H3,(H,47,57)(H,48,58)(H,49,59)(H,50,51);6H,3-5,8-9H2,1-2H3;1H,(H,2,3)/b;7-6-;. The van der Waals surface area contributed by atoms with Crippen molar-refractivity contribution in [2.45, 2.75) is 130 Å². The quantitative estimate of drug-likeness (QED) is 0.0238.